The fourth-order valence-corrected chi connectivity index (χ4v) is 7.52. The summed E-state index contributed by atoms with van der Waals surface area (Å²) in [5, 5.41) is 1.23. The maximum absolute atomic E-state index is 13.7. The van der Waals surface area contributed by atoms with Crippen LogP contribution in [0, 0.1) is 6.92 Å². The topological polar surface area (TPSA) is 83.1 Å². The van der Waals surface area contributed by atoms with Crippen molar-refractivity contribution in [3.05, 3.63) is 52.5 Å². The number of ether oxygens (including phenoxy) is 1. The first kappa shape index (κ1) is 30.7. The quantitative estimate of drug-likeness (QED) is 0.359. The number of aromatic nitrogens is 1. The summed E-state index contributed by atoms with van der Waals surface area (Å²) in [6.07, 6.45) is 0.402. The van der Waals surface area contributed by atoms with Crippen LogP contribution in [0.2, 0.25) is 5.02 Å². The highest BCUT2D eigenvalue weighted by Crippen LogP contribution is 2.34. The van der Waals surface area contributed by atoms with E-state index in [1.807, 2.05) is 47.0 Å². The molecular weight excluding hydrogens is 567 g/mol. The zero-order valence-electron chi connectivity index (χ0n) is 22.2. The molecule has 1 aliphatic rings. The van der Waals surface area contributed by atoms with E-state index in [1.165, 1.54) is 27.8 Å². The Kier molecular flexibility index (Phi) is 10.2. The Morgan fingerprint density at radius 2 is 1.76 bits per heavy atom. The molecule has 3 aromatic rings. The van der Waals surface area contributed by atoms with Gasteiger partial charge >= 0.3 is 0 Å². The fourth-order valence-electron chi connectivity index (χ4n) is 4.49. The smallest absolute Gasteiger partial charge is 0.260 e. The average Bonchev–Trinajstić information content (AvgIpc) is 3.25. The maximum atomic E-state index is 13.7. The lowest BCUT2D eigenvalue weighted by Gasteiger charge is -2.34. The Hall–Kier alpha value is -1.79. The molecule has 4 rings (SSSR count). The summed E-state index contributed by atoms with van der Waals surface area (Å²) in [4.78, 5) is 22.3. The Morgan fingerprint density at radius 3 is 2.37 bits per heavy atom. The van der Waals surface area contributed by atoms with E-state index in [1.54, 1.807) is 17.0 Å². The lowest BCUT2D eigenvalue weighted by Crippen LogP contribution is -2.48. The highest BCUT2D eigenvalue weighted by atomic mass is 35.5. The molecule has 0 aliphatic carbocycles. The van der Waals surface area contributed by atoms with Crippen molar-refractivity contribution in [2.45, 2.75) is 44.3 Å². The van der Waals surface area contributed by atoms with Gasteiger partial charge in [-0.05, 0) is 89.8 Å². The molecule has 1 aromatic heterocycles. The van der Waals surface area contributed by atoms with Crippen LogP contribution in [0.4, 0.5) is 5.13 Å². The monoisotopic (exact) mass is 600 g/mol. The van der Waals surface area contributed by atoms with Crippen molar-refractivity contribution < 1.29 is 17.9 Å². The van der Waals surface area contributed by atoms with E-state index in [2.05, 4.69) is 4.90 Å². The van der Waals surface area contributed by atoms with Crippen molar-refractivity contribution in [1.82, 2.24) is 14.2 Å². The number of anilines is 1. The summed E-state index contributed by atoms with van der Waals surface area (Å²) < 4.78 is 34.5. The zero-order valence-corrected chi connectivity index (χ0v) is 25.4. The van der Waals surface area contributed by atoms with E-state index in [-0.39, 0.29) is 35.4 Å². The van der Waals surface area contributed by atoms with Crippen molar-refractivity contribution in [1.29, 1.82) is 0 Å². The first-order valence-electron chi connectivity index (χ1n) is 12.2. The summed E-state index contributed by atoms with van der Waals surface area (Å²) in [5.74, 6) is -0.223. The first-order valence-corrected chi connectivity index (χ1v) is 14.9. The number of morpholine rings is 1. The van der Waals surface area contributed by atoms with Crippen LogP contribution in [0.15, 0.2) is 41.3 Å². The number of carbonyl (C=O) groups is 1. The molecular formula is C26H34Cl2N4O4S2. The molecule has 2 atom stereocenters. The highest BCUT2D eigenvalue weighted by molar-refractivity contribution is 7.89. The average molecular weight is 602 g/mol. The number of fused-ring (bicyclic) bond motifs is 1. The van der Waals surface area contributed by atoms with Gasteiger partial charge in [0.2, 0.25) is 10.0 Å². The molecule has 1 amide bonds. The number of hydrogen-bond acceptors (Lipinski definition) is 7. The van der Waals surface area contributed by atoms with Gasteiger partial charge in [-0.2, -0.15) is 4.31 Å². The molecule has 2 unspecified atom stereocenters. The number of nitrogens with zero attached hydrogens (tertiary/aromatic N) is 4. The van der Waals surface area contributed by atoms with E-state index in [0.717, 1.165) is 28.7 Å². The molecule has 2 heterocycles. The van der Waals surface area contributed by atoms with Gasteiger partial charge in [0.1, 0.15) is 0 Å². The second kappa shape index (κ2) is 12.6. The van der Waals surface area contributed by atoms with Gasteiger partial charge in [0.25, 0.3) is 5.91 Å². The van der Waals surface area contributed by atoms with Crippen LogP contribution in [0.25, 0.3) is 10.2 Å². The largest absolute Gasteiger partial charge is 0.373 e. The van der Waals surface area contributed by atoms with Gasteiger partial charge in [0, 0.05) is 30.2 Å². The van der Waals surface area contributed by atoms with Gasteiger partial charge in [0.05, 0.1) is 27.3 Å². The van der Waals surface area contributed by atoms with Crippen LogP contribution in [0.5, 0.6) is 0 Å². The predicted octanol–water partition coefficient (Wildman–Crippen LogP) is 5.08. The van der Waals surface area contributed by atoms with E-state index < -0.39 is 10.0 Å². The standard InChI is InChI=1S/C26H33ClN4O4S2.ClH/c1-17-13-21(27)14-23-24(17)28-26(36-23)31(12-6-11-29(4)5)25(32)20-7-9-22(10-8-20)37(33,34)30-15-18(2)35-19(3)16-30;/h7-10,13-14,18-19H,6,11-12,15-16H2,1-5H3;1H. The number of benzene rings is 2. The molecule has 0 saturated carbocycles. The predicted molar refractivity (Wildman–Crippen MR) is 157 cm³/mol. The van der Waals surface area contributed by atoms with E-state index in [4.69, 9.17) is 21.3 Å². The minimum absolute atomic E-state index is 0. The summed E-state index contributed by atoms with van der Waals surface area (Å²) in [5.41, 5.74) is 2.18. The van der Waals surface area contributed by atoms with E-state index in [0.29, 0.717) is 35.4 Å². The number of halogens is 2. The van der Waals surface area contributed by atoms with Crippen LogP contribution in [-0.2, 0) is 14.8 Å². The number of hydrogen-bond donors (Lipinski definition) is 0. The van der Waals surface area contributed by atoms with Crippen molar-refractivity contribution in [3.63, 3.8) is 0 Å². The van der Waals surface area contributed by atoms with Crippen LogP contribution in [-0.4, -0.2) is 81.0 Å². The SMILES string of the molecule is Cc1cc(Cl)cc2sc(N(CCCN(C)C)C(=O)c3ccc(S(=O)(=O)N4CC(C)OC(C)C4)cc3)nc12.Cl. The van der Waals surface area contributed by atoms with Crippen molar-refractivity contribution in [2.24, 2.45) is 0 Å². The number of carbonyl (C=O) groups excluding carboxylic acids is 1. The van der Waals surface area contributed by atoms with Gasteiger partial charge in [-0.15, -0.1) is 12.4 Å². The Morgan fingerprint density at radius 1 is 1.13 bits per heavy atom. The normalized spacial score (nSPS) is 18.5. The lowest BCUT2D eigenvalue weighted by atomic mass is 10.2. The lowest BCUT2D eigenvalue weighted by molar-refractivity contribution is -0.0440. The molecule has 38 heavy (non-hydrogen) atoms. The molecule has 0 radical (unpaired) electrons. The third kappa shape index (κ3) is 6.85. The molecule has 208 valence electrons. The second-order valence-electron chi connectivity index (χ2n) is 9.78. The Balaban J connectivity index is 0.00000400. The summed E-state index contributed by atoms with van der Waals surface area (Å²) in [7, 11) is 0.288. The number of rotatable bonds is 8. The summed E-state index contributed by atoms with van der Waals surface area (Å²) in [6.45, 7) is 7.57. The Labute approximate surface area is 240 Å². The summed E-state index contributed by atoms with van der Waals surface area (Å²) >= 11 is 7.67. The molecule has 0 bridgehead atoms. The van der Waals surface area contributed by atoms with Crippen LogP contribution < -0.4 is 4.90 Å². The van der Waals surface area contributed by atoms with Gasteiger partial charge in [-0.1, -0.05) is 22.9 Å². The number of thiazole rings is 1. The minimum atomic E-state index is -3.69. The summed E-state index contributed by atoms with van der Waals surface area (Å²) in [6, 6.07) is 9.90. The van der Waals surface area contributed by atoms with Crippen LogP contribution in [0.1, 0.15) is 36.2 Å². The van der Waals surface area contributed by atoms with Crippen LogP contribution in [0.3, 0.4) is 0 Å². The second-order valence-corrected chi connectivity index (χ2v) is 13.2. The molecule has 1 fully saturated rings. The fraction of sp³-hybridized carbons (Fsp3) is 0.462. The highest BCUT2D eigenvalue weighted by Gasteiger charge is 2.32. The third-order valence-corrected chi connectivity index (χ3v) is 9.32. The van der Waals surface area contributed by atoms with Gasteiger partial charge in [-0.25, -0.2) is 13.4 Å². The Bertz CT molecular complexity index is 1370. The van der Waals surface area contributed by atoms with Gasteiger partial charge in [-0.3, -0.25) is 9.69 Å². The van der Waals surface area contributed by atoms with Gasteiger partial charge < -0.3 is 9.64 Å². The number of aryl methyl sites for hydroxylation is 1. The van der Waals surface area contributed by atoms with Crippen molar-refractivity contribution in [3.8, 4) is 0 Å². The molecule has 12 heteroatoms. The molecule has 1 saturated heterocycles. The van der Waals surface area contributed by atoms with Gasteiger partial charge in [0.15, 0.2) is 5.13 Å². The maximum Gasteiger partial charge on any atom is 0.260 e. The molecule has 1 aliphatic heterocycles. The third-order valence-electron chi connectivity index (χ3n) is 6.23. The number of amides is 1. The van der Waals surface area contributed by atoms with E-state index in [9.17, 15) is 13.2 Å². The van der Waals surface area contributed by atoms with Crippen molar-refractivity contribution in [2.75, 3.05) is 45.2 Å². The zero-order chi connectivity index (χ0) is 26.9. The van der Waals surface area contributed by atoms with E-state index >= 15 is 0 Å². The van der Waals surface area contributed by atoms with Crippen LogP contribution >= 0.6 is 35.3 Å². The molecule has 8 nitrogen and oxygen atoms in total. The molecule has 0 N–H and O–H groups in total. The number of sulfonamides is 1. The minimum Gasteiger partial charge on any atom is -0.373 e. The molecule has 2 aromatic carbocycles. The van der Waals surface area contributed by atoms with Crippen molar-refractivity contribution >= 4 is 66.6 Å². The molecule has 0 spiro atoms. The first-order chi connectivity index (χ1) is 17.5.